The van der Waals surface area contributed by atoms with Crippen LogP contribution in [0, 0.1) is 34.5 Å². The van der Waals surface area contributed by atoms with Crippen LogP contribution in [0.5, 0.6) is 0 Å². The van der Waals surface area contributed by atoms with E-state index >= 15 is 0 Å². The van der Waals surface area contributed by atoms with E-state index in [9.17, 15) is 5.11 Å². The number of benzene rings is 2. The number of hydrogen-bond acceptors (Lipinski definition) is 3. The number of aliphatic hydroxyl groups is 1. The van der Waals surface area contributed by atoms with Crippen LogP contribution in [0.3, 0.4) is 0 Å². The van der Waals surface area contributed by atoms with E-state index in [0.717, 1.165) is 54.1 Å². The lowest BCUT2D eigenvalue weighted by molar-refractivity contribution is -0.0424. The first-order valence-corrected chi connectivity index (χ1v) is 15.3. The minimum atomic E-state index is -0.130. The minimum Gasteiger partial charge on any atom is -0.393 e. The monoisotopic (exact) mass is 528 g/mol. The summed E-state index contributed by atoms with van der Waals surface area (Å²) in [7, 11) is 0. The molecule has 0 saturated heterocycles. The van der Waals surface area contributed by atoms with Crippen LogP contribution < -0.4 is 5.01 Å². The maximum absolute atomic E-state index is 10.4. The second-order valence-corrected chi connectivity index (χ2v) is 13.8. The average Bonchev–Trinajstić information content (AvgIpc) is 3.51. The molecule has 8 atom stereocenters. The molecule has 3 fully saturated rings. The smallest absolute Gasteiger partial charge is 0.0842 e. The highest BCUT2D eigenvalue weighted by Gasteiger charge is 2.59. The number of anilines is 1. The molecule has 4 heteroatoms. The molecule has 4 aliphatic carbocycles. The molecular formula is C34H41ClN2O. The summed E-state index contributed by atoms with van der Waals surface area (Å²) < 4.78 is 0. The predicted molar refractivity (Wildman–Crippen MR) is 156 cm³/mol. The van der Waals surface area contributed by atoms with Crippen molar-refractivity contribution in [1.82, 2.24) is 0 Å². The third kappa shape index (κ3) is 3.75. The zero-order chi connectivity index (χ0) is 26.1. The van der Waals surface area contributed by atoms with Gasteiger partial charge in [0.25, 0.3) is 0 Å². The van der Waals surface area contributed by atoms with Crippen molar-refractivity contribution in [3.8, 4) is 0 Å². The van der Waals surface area contributed by atoms with Crippen molar-refractivity contribution >= 4 is 23.0 Å². The van der Waals surface area contributed by atoms with Crippen LogP contribution in [0.4, 0.5) is 5.69 Å². The highest BCUT2D eigenvalue weighted by molar-refractivity contribution is 6.31. The van der Waals surface area contributed by atoms with E-state index in [1.165, 1.54) is 43.4 Å². The first-order valence-electron chi connectivity index (χ1n) is 14.9. The standard InChI is InChI=1S/C34H41ClN2O/c1-33-18-16-24(38)20-22(33)12-13-25-27-14-15-29(34(27,2)19-17-28(25)33)31-21-32(26-10-6-7-11-30(26)35)37(36-31)23-8-4-3-5-9-23/h3-12,24-25,27-29,32,38H,13-21H2,1-2H3/t24-,25-,27-,28-,29+,32?,33-,34-/m0/s1. The molecular weight excluding hydrogens is 488 g/mol. The SMILES string of the molecule is C[C@]12CC[C@H]3[C@@H](CC=C4C[C@@H](O)CC[C@@]43C)[C@@H]1CC[C@@H]2C1=NN(c2ccccc2)C(c2ccccc2Cl)C1. The van der Waals surface area contributed by atoms with E-state index in [1.54, 1.807) is 5.57 Å². The van der Waals surface area contributed by atoms with E-state index < -0.39 is 0 Å². The molecule has 0 amide bonds. The largest absolute Gasteiger partial charge is 0.393 e. The van der Waals surface area contributed by atoms with Crippen molar-refractivity contribution in [3.63, 3.8) is 0 Å². The van der Waals surface area contributed by atoms with Gasteiger partial charge in [-0.25, -0.2) is 0 Å². The average molecular weight is 529 g/mol. The molecule has 1 heterocycles. The Morgan fingerprint density at radius 3 is 2.50 bits per heavy atom. The Morgan fingerprint density at radius 1 is 0.895 bits per heavy atom. The molecule has 0 bridgehead atoms. The number of allylic oxidation sites excluding steroid dienone is 1. The maximum Gasteiger partial charge on any atom is 0.0842 e. The van der Waals surface area contributed by atoms with Crippen LogP contribution in [-0.4, -0.2) is 16.9 Å². The van der Waals surface area contributed by atoms with E-state index in [2.05, 4.69) is 67.4 Å². The molecule has 0 spiro atoms. The number of rotatable bonds is 3. The molecule has 1 N–H and O–H groups in total. The number of hydrogen-bond donors (Lipinski definition) is 1. The number of nitrogens with zero attached hydrogens (tertiary/aromatic N) is 2. The summed E-state index contributed by atoms with van der Waals surface area (Å²) in [6.07, 6.45) is 12.8. The van der Waals surface area contributed by atoms with Crippen molar-refractivity contribution in [1.29, 1.82) is 0 Å². The summed E-state index contributed by atoms with van der Waals surface area (Å²) in [5.74, 6) is 2.85. The van der Waals surface area contributed by atoms with Crippen LogP contribution >= 0.6 is 11.6 Å². The summed E-state index contributed by atoms with van der Waals surface area (Å²) in [6, 6.07) is 19.1. The van der Waals surface area contributed by atoms with Crippen molar-refractivity contribution in [2.45, 2.75) is 83.8 Å². The number of fused-ring (bicyclic) bond motifs is 5. The van der Waals surface area contributed by atoms with Gasteiger partial charge in [0.1, 0.15) is 0 Å². The van der Waals surface area contributed by atoms with Gasteiger partial charge in [-0.05, 0) is 104 Å². The molecule has 1 unspecified atom stereocenters. The lowest BCUT2D eigenvalue weighted by atomic mass is 9.47. The topological polar surface area (TPSA) is 35.8 Å². The van der Waals surface area contributed by atoms with E-state index in [0.29, 0.717) is 16.7 Å². The maximum atomic E-state index is 10.4. The van der Waals surface area contributed by atoms with Gasteiger partial charge in [-0.2, -0.15) is 5.10 Å². The van der Waals surface area contributed by atoms with Gasteiger partial charge >= 0.3 is 0 Å². The fourth-order valence-electron chi connectivity index (χ4n) is 9.74. The van der Waals surface area contributed by atoms with Gasteiger partial charge in [0.05, 0.1) is 17.8 Å². The predicted octanol–water partition coefficient (Wildman–Crippen LogP) is 8.59. The second-order valence-electron chi connectivity index (χ2n) is 13.3. The lowest BCUT2D eigenvalue weighted by Gasteiger charge is -2.58. The van der Waals surface area contributed by atoms with Gasteiger partial charge in [-0.3, -0.25) is 5.01 Å². The molecule has 38 heavy (non-hydrogen) atoms. The van der Waals surface area contributed by atoms with Gasteiger partial charge in [0.2, 0.25) is 0 Å². The summed E-state index contributed by atoms with van der Waals surface area (Å²) in [4.78, 5) is 0. The fraction of sp³-hybridized carbons (Fsp3) is 0.559. The molecule has 0 radical (unpaired) electrons. The van der Waals surface area contributed by atoms with Crippen molar-refractivity contribution in [2.75, 3.05) is 5.01 Å². The van der Waals surface area contributed by atoms with E-state index in [1.807, 2.05) is 12.1 Å². The number of hydrazone groups is 1. The first-order chi connectivity index (χ1) is 18.4. The zero-order valence-corrected chi connectivity index (χ0v) is 23.6. The summed E-state index contributed by atoms with van der Waals surface area (Å²) >= 11 is 6.76. The quantitative estimate of drug-likeness (QED) is 0.405. The second kappa shape index (κ2) is 9.24. The van der Waals surface area contributed by atoms with Crippen molar-refractivity contribution in [3.05, 3.63) is 76.8 Å². The summed E-state index contributed by atoms with van der Waals surface area (Å²) in [5, 5.41) is 18.9. The van der Waals surface area contributed by atoms with Crippen LogP contribution in [0.25, 0.3) is 0 Å². The molecule has 5 aliphatic rings. The molecule has 3 nitrogen and oxygen atoms in total. The Balaban J connectivity index is 1.20. The molecule has 200 valence electrons. The molecule has 2 aromatic rings. The van der Waals surface area contributed by atoms with E-state index in [-0.39, 0.29) is 12.1 Å². The Morgan fingerprint density at radius 2 is 1.68 bits per heavy atom. The molecule has 3 saturated carbocycles. The summed E-state index contributed by atoms with van der Waals surface area (Å²) in [6.45, 7) is 5.14. The van der Waals surface area contributed by atoms with Gasteiger partial charge in [0, 0.05) is 23.1 Å². The van der Waals surface area contributed by atoms with Crippen molar-refractivity contribution in [2.24, 2.45) is 39.6 Å². The Bertz CT molecular complexity index is 1270. The van der Waals surface area contributed by atoms with Gasteiger partial charge < -0.3 is 5.11 Å². The normalized spacial score (nSPS) is 40.2. The van der Waals surface area contributed by atoms with Crippen LogP contribution in [0.1, 0.15) is 83.2 Å². The molecule has 7 rings (SSSR count). The molecule has 0 aromatic heterocycles. The summed E-state index contributed by atoms with van der Waals surface area (Å²) in [5.41, 5.74) is 5.89. The van der Waals surface area contributed by atoms with Crippen molar-refractivity contribution < 1.29 is 5.11 Å². The van der Waals surface area contributed by atoms with Gasteiger partial charge in [-0.15, -0.1) is 0 Å². The van der Waals surface area contributed by atoms with Gasteiger partial charge in [0.15, 0.2) is 0 Å². The Kier molecular flexibility index (Phi) is 6.05. The highest BCUT2D eigenvalue weighted by Crippen LogP contribution is 2.67. The van der Waals surface area contributed by atoms with Gasteiger partial charge in [-0.1, -0.05) is 73.5 Å². The first kappa shape index (κ1) is 24.9. The third-order valence-corrected chi connectivity index (χ3v) is 12.0. The lowest BCUT2D eigenvalue weighted by Crippen LogP contribution is -2.51. The van der Waals surface area contributed by atoms with Crippen LogP contribution in [-0.2, 0) is 0 Å². The minimum absolute atomic E-state index is 0.130. The third-order valence-electron chi connectivity index (χ3n) is 11.7. The Labute approximate surface area is 233 Å². The molecule has 1 aliphatic heterocycles. The molecule has 2 aromatic carbocycles. The van der Waals surface area contributed by atoms with Crippen LogP contribution in [0.2, 0.25) is 5.02 Å². The fourth-order valence-corrected chi connectivity index (χ4v) is 10.0. The number of aliphatic hydroxyl groups excluding tert-OH is 1. The number of para-hydroxylation sites is 1. The van der Waals surface area contributed by atoms with Crippen LogP contribution in [0.15, 0.2) is 71.3 Å². The van der Waals surface area contributed by atoms with E-state index in [4.69, 9.17) is 16.7 Å². The number of halogens is 1. The highest BCUT2D eigenvalue weighted by atomic mass is 35.5. The Hall–Kier alpha value is -2.10. The zero-order valence-electron chi connectivity index (χ0n) is 22.8.